The number of hydrogen-bond acceptors (Lipinski definition) is 3. The maximum Gasteiger partial charge on any atom is 0.341 e. The quantitative estimate of drug-likeness (QED) is 0.264. The summed E-state index contributed by atoms with van der Waals surface area (Å²) in [6, 6.07) is 10.7. The third-order valence-corrected chi connectivity index (χ3v) is 4.75. The molecule has 0 radical (unpaired) electrons. The molecule has 3 nitrogen and oxygen atoms in total. The molecule has 2 atom stereocenters. The average Bonchev–Trinajstić information content (AvgIpc) is 2.94. The second-order valence-electron chi connectivity index (χ2n) is 6.81. The van der Waals surface area contributed by atoms with Crippen LogP contribution in [0.15, 0.2) is 54.1 Å². The van der Waals surface area contributed by atoms with Gasteiger partial charge in [0.05, 0.1) is 6.42 Å². The minimum absolute atomic E-state index is 0.128. The third-order valence-electron chi connectivity index (χ3n) is 4.75. The normalized spacial score (nSPS) is 18.7. The lowest BCUT2D eigenvalue weighted by atomic mass is 9.93. The molecule has 1 heterocycles. The van der Waals surface area contributed by atoms with Crippen LogP contribution in [-0.2, 0) is 14.3 Å². The fraction of sp³-hybridized carbons (Fsp3) is 0.455. The van der Waals surface area contributed by atoms with Crippen LogP contribution in [0.1, 0.15) is 63.9 Å². The van der Waals surface area contributed by atoms with Crippen LogP contribution >= 0.6 is 0 Å². The summed E-state index contributed by atoms with van der Waals surface area (Å²) in [4.78, 5) is 22.4. The van der Waals surface area contributed by atoms with Crippen molar-refractivity contribution in [3.63, 3.8) is 0 Å². The van der Waals surface area contributed by atoms with Gasteiger partial charge in [0, 0.05) is 5.57 Å². The summed E-state index contributed by atoms with van der Waals surface area (Å²) in [5.41, 5.74) is 1.92. The van der Waals surface area contributed by atoms with Crippen molar-refractivity contribution in [1.29, 1.82) is 0 Å². The number of benzene rings is 1. The Balaban J connectivity index is 1.69. The van der Waals surface area contributed by atoms with Gasteiger partial charge in [-0.3, -0.25) is 4.79 Å². The number of rotatable bonds is 9. The fourth-order valence-electron chi connectivity index (χ4n) is 3.07. The van der Waals surface area contributed by atoms with E-state index in [2.05, 4.69) is 61.1 Å². The number of cyclic esters (lactones) is 2. The van der Waals surface area contributed by atoms with Crippen LogP contribution in [0.4, 0.5) is 0 Å². The van der Waals surface area contributed by atoms with E-state index in [4.69, 9.17) is 0 Å². The summed E-state index contributed by atoms with van der Waals surface area (Å²) in [5, 5.41) is 0. The molecule has 1 saturated heterocycles. The molecular weight excluding hydrogens is 312 g/mol. The van der Waals surface area contributed by atoms with Crippen molar-refractivity contribution in [3.8, 4) is 0 Å². The van der Waals surface area contributed by atoms with E-state index >= 15 is 0 Å². The summed E-state index contributed by atoms with van der Waals surface area (Å²) in [6.07, 6.45) is 11.7. The molecule has 2 rings (SSSR count). The van der Waals surface area contributed by atoms with Crippen molar-refractivity contribution in [2.75, 3.05) is 0 Å². The molecule has 0 saturated carbocycles. The Morgan fingerprint density at radius 2 is 1.88 bits per heavy atom. The first-order valence-corrected chi connectivity index (χ1v) is 9.24. The van der Waals surface area contributed by atoms with E-state index in [1.165, 1.54) is 5.56 Å². The van der Waals surface area contributed by atoms with Crippen molar-refractivity contribution in [2.24, 2.45) is 5.92 Å². The first-order chi connectivity index (χ1) is 12.1. The predicted molar refractivity (Wildman–Crippen MR) is 100 cm³/mol. The molecule has 3 heteroatoms. The first-order valence-electron chi connectivity index (χ1n) is 9.24. The van der Waals surface area contributed by atoms with Crippen LogP contribution in [0.3, 0.4) is 0 Å². The number of ether oxygens (including phenoxy) is 1. The van der Waals surface area contributed by atoms with Gasteiger partial charge in [-0.1, -0.05) is 62.4 Å². The van der Waals surface area contributed by atoms with Crippen LogP contribution in [0, 0.1) is 5.92 Å². The number of carbonyl (C=O) groups excluding carboxylic acids is 2. The summed E-state index contributed by atoms with van der Waals surface area (Å²) in [6.45, 7) is 4.41. The van der Waals surface area contributed by atoms with Gasteiger partial charge in [-0.2, -0.15) is 0 Å². The van der Waals surface area contributed by atoms with Gasteiger partial charge < -0.3 is 4.74 Å². The summed E-state index contributed by atoms with van der Waals surface area (Å²) in [7, 11) is 0. The molecule has 134 valence electrons. The van der Waals surface area contributed by atoms with Gasteiger partial charge in [0.2, 0.25) is 0 Å². The summed E-state index contributed by atoms with van der Waals surface area (Å²) >= 11 is 0. The summed E-state index contributed by atoms with van der Waals surface area (Å²) < 4.78 is 4.53. The Hall–Kier alpha value is -2.16. The zero-order chi connectivity index (χ0) is 18.1. The van der Waals surface area contributed by atoms with Crippen LogP contribution in [0.25, 0.3) is 0 Å². The van der Waals surface area contributed by atoms with Crippen molar-refractivity contribution >= 4 is 11.9 Å². The lowest BCUT2D eigenvalue weighted by molar-refractivity contribution is -0.151. The van der Waals surface area contributed by atoms with Crippen LogP contribution in [0.5, 0.6) is 0 Å². The molecule has 0 amide bonds. The van der Waals surface area contributed by atoms with Gasteiger partial charge in [0.1, 0.15) is 0 Å². The first kappa shape index (κ1) is 19.2. The molecule has 0 N–H and O–H groups in total. The molecule has 1 aromatic carbocycles. The Morgan fingerprint density at radius 3 is 2.52 bits per heavy atom. The Labute approximate surface area is 150 Å². The second-order valence-corrected chi connectivity index (χ2v) is 6.81. The molecule has 1 aromatic rings. The van der Waals surface area contributed by atoms with E-state index in [0.717, 1.165) is 32.1 Å². The van der Waals surface area contributed by atoms with E-state index in [0.29, 0.717) is 17.4 Å². The van der Waals surface area contributed by atoms with Crippen LogP contribution in [0.2, 0.25) is 0 Å². The van der Waals surface area contributed by atoms with Crippen molar-refractivity contribution in [2.45, 2.75) is 58.3 Å². The lowest BCUT2D eigenvalue weighted by Gasteiger charge is -2.12. The number of hydrogen-bond donors (Lipinski definition) is 0. The number of carbonyl (C=O) groups is 2. The zero-order valence-electron chi connectivity index (χ0n) is 15.2. The second kappa shape index (κ2) is 9.97. The standard InChI is InChI=1S/C22H28O3/c1-3-18(19-12-8-5-9-13-19)11-7-4-6-10-17(2)14-15-20-16-21(23)25-22(20)24/h4-5,7-9,12-13,15,17-18H,3,6,10-11,14,16H2,1-2H3/b7-4+,20-15-. The fourth-order valence-corrected chi connectivity index (χ4v) is 3.07. The van der Waals surface area contributed by atoms with Crippen LogP contribution < -0.4 is 0 Å². The molecule has 0 aromatic heterocycles. The van der Waals surface area contributed by atoms with Gasteiger partial charge >= 0.3 is 11.9 Å². The average molecular weight is 340 g/mol. The van der Waals surface area contributed by atoms with E-state index < -0.39 is 11.9 Å². The molecule has 25 heavy (non-hydrogen) atoms. The van der Waals surface area contributed by atoms with Crippen molar-refractivity contribution < 1.29 is 14.3 Å². The van der Waals surface area contributed by atoms with Gasteiger partial charge in [0.25, 0.3) is 0 Å². The number of allylic oxidation sites excluding steroid dienone is 3. The highest BCUT2D eigenvalue weighted by atomic mass is 16.6. The van der Waals surface area contributed by atoms with Crippen molar-refractivity contribution in [1.82, 2.24) is 0 Å². The monoisotopic (exact) mass is 340 g/mol. The molecule has 1 fully saturated rings. The predicted octanol–water partition coefficient (Wildman–Crippen LogP) is 5.33. The zero-order valence-corrected chi connectivity index (χ0v) is 15.2. The minimum atomic E-state index is -0.469. The van der Waals surface area contributed by atoms with Gasteiger partial charge in [-0.05, 0) is 49.5 Å². The Bertz CT molecular complexity index is 628. The van der Waals surface area contributed by atoms with E-state index in [9.17, 15) is 9.59 Å². The molecule has 0 aliphatic carbocycles. The Morgan fingerprint density at radius 1 is 1.12 bits per heavy atom. The van der Waals surface area contributed by atoms with Gasteiger partial charge in [-0.15, -0.1) is 0 Å². The SMILES string of the molecule is CCC(C/C=C/CCC(C)C/C=C1/CC(=O)OC1=O)c1ccccc1. The maximum absolute atomic E-state index is 11.4. The molecule has 1 aliphatic rings. The highest BCUT2D eigenvalue weighted by molar-refractivity contribution is 6.05. The molecule has 0 bridgehead atoms. The van der Waals surface area contributed by atoms with E-state index in [1.807, 2.05) is 6.08 Å². The Kier molecular flexibility index (Phi) is 7.65. The molecular formula is C22H28O3. The van der Waals surface area contributed by atoms with Gasteiger partial charge in [0.15, 0.2) is 0 Å². The number of esters is 2. The van der Waals surface area contributed by atoms with Gasteiger partial charge in [-0.25, -0.2) is 4.79 Å². The molecule has 1 aliphatic heterocycles. The molecule has 0 spiro atoms. The van der Waals surface area contributed by atoms with E-state index in [1.54, 1.807) is 0 Å². The maximum atomic E-state index is 11.4. The highest BCUT2D eigenvalue weighted by Crippen LogP contribution is 2.24. The smallest absolute Gasteiger partial charge is 0.341 e. The third kappa shape index (κ3) is 6.33. The molecule has 2 unspecified atom stereocenters. The highest BCUT2D eigenvalue weighted by Gasteiger charge is 2.26. The van der Waals surface area contributed by atoms with E-state index in [-0.39, 0.29) is 6.42 Å². The van der Waals surface area contributed by atoms with Crippen molar-refractivity contribution in [3.05, 3.63) is 59.7 Å². The van der Waals surface area contributed by atoms with Crippen LogP contribution in [-0.4, -0.2) is 11.9 Å². The largest absolute Gasteiger partial charge is 0.389 e. The topological polar surface area (TPSA) is 43.4 Å². The summed E-state index contributed by atoms with van der Waals surface area (Å²) in [5.74, 6) is 0.168. The lowest BCUT2D eigenvalue weighted by Crippen LogP contribution is -1.98. The minimum Gasteiger partial charge on any atom is -0.389 e.